The second-order valence-corrected chi connectivity index (χ2v) is 4.93. The number of anilines is 1. The van der Waals surface area contributed by atoms with E-state index in [1.807, 2.05) is 0 Å². The monoisotopic (exact) mass is 292 g/mol. The summed E-state index contributed by atoms with van der Waals surface area (Å²) < 4.78 is 51.1. The Morgan fingerprint density at radius 1 is 1.35 bits per heavy atom. The molecule has 0 saturated heterocycles. The summed E-state index contributed by atoms with van der Waals surface area (Å²) in [6.07, 6.45) is -4.54. The summed E-state index contributed by atoms with van der Waals surface area (Å²) in [5.41, 5.74) is 5.10. The van der Waals surface area contributed by atoms with Crippen LogP contribution in [-0.4, -0.2) is 30.1 Å². The molecule has 112 valence electrons. The number of alkyl halides is 3. The normalized spacial score (nSPS) is 11.8. The Morgan fingerprint density at radius 3 is 2.45 bits per heavy atom. The van der Waals surface area contributed by atoms with Crippen molar-refractivity contribution < 1.29 is 22.4 Å². The third kappa shape index (κ3) is 4.71. The highest BCUT2D eigenvalue weighted by Gasteiger charge is 2.34. The molecule has 0 spiro atoms. The molecule has 1 amide bonds. The zero-order valence-corrected chi connectivity index (χ0v) is 11.2. The number of nitrogen functional groups attached to an aromatic ring is 1. The zero-order chi connectivity index (χ0) is 15.5. The van der Waals surface area contributed by atoms with Gasteiger partial charge in [-0.15, -0.1) is 0 Å². The molecule has 3 nitrogen and oxygen atoms in total. The van der Waals surface area contributed by atoms with Crippen molar-refractivity contribution >= 4 is 11.6 Å². The fourth-order valence-corrected chi connectivity index (χ4v) is 1.75. The lowest BCUT2D eigenvalue weighted by Gasteiger charge is -2.26. The molecular formula is C13H16F4N2O. The summed E-state index contributed by atoms with van der Waals surface area (Å²) in [4.78, 5) is 12.6. The van der Waals surface area contributed by atoms with Gasteiger partial charge in [0, 0.05) is 12.2 Å². The quantitative estimate of drug-likeness (QED) is 0.685. The van der Waals surface area contributed by atoms with E-state index in [2.05, 4.69) is 0 Å². The van der Waals surface area contributed by atoms with Gasteiger partial charge in [0.1, 0.15) is 12.4 Å². The van der Waals surface area contributed by atoms with Crippen molar-refractivity contribution in [2.24, 2.45) is 5.92 Å². The fourth-order valence-electron chi connectivity index (χ4n) is 1.75. The number of hydrogen-bond acceptors (Lipinski definition) is 2. The summed E-state index contributed by atoms with van der Waals surface area (Å²) in [7, 11) is 0. The molecule has 0 bridgehead atoms. The molecule has 0 aliphatic carbocycles. The highest BCUT2D eigenvalue weighted by molar-refractivity contribution is 5.95. The third-order valence-electron chi connectivity index (χ3n) is 2.46. The van der Waals surface area contributed by atoms with Crippen LogP contribution in [0.25, 0.3) is 0 Å². The van der Waals surface area contributed by atoms with Crippen LogP contribution in [-0.2, 0) is 0 Å². The minimum absolute atomic E-state index is 0.117. The van der Waals surface area contributed by atoms with Gasteiger partial charge >= 0.3 is 6.18 Å². The van der Waals surface area contributed by atoms with Gasteiger partial charge in [-0.1, -0.05) is 13.8 Å². The van der Waals surface area contributed by atoms with E-state index in [9.17, 15) is 22.4 Å². The Balaban J connectivity index is 3.06. The number of rotatable bonds is 4. The molecule has 0 atom stereocenters. The highest BCUT2D eigenvalue weighted by Crippen LogP contribution is 2.21. The number of nitrogens with two attached hydrogens (primary N) is 1. The summed E-state index contributed by atoms with van der Waals surface area (Å²) in [6.45, 7) is 1.81. The van der Waals surface area contributed by atoms with Gasteiger partial charge in [-0.2, -0.15) is 13.2 Å². The molecule has 0 radical (unpaired) electrons. The Hall–Kier alpha value is -1.79. The second-order valence-electron chi connectivity index (χ2n) is 4.93. The summed E-state index contributed by atoms with van der Waals surface area (Å²) in [6, 6.07) is 3.24. The largest absolute Gasteiger partial charge is 0.406 e. The van der Waals surface area contributed by atoms with E-state index in [4.69, 9.17) is 5.73 Å². The van der Waals surface area contributed by atoms with Crippen LogP contribution in [0.15, 0.2) is 18.2 Å². The molecule has 0 aliphatic heterocycles. The van der Waals surface area contributed by atoms with Crippen LogP contribution in [0, 0.1) is 11.7 Å². The van der Waals surface area contributed by atoms with Gasteiger partial charge in [-0.25, -0.2) is 4.39 Å². The minimum Gasteiger partial charge on any atom is -0.399 e. The lowest BCUT2D eigenvalue weighted by atomic mass is 10.1. The number of benzene rings is 1. The van der Waals surface area contributed by atoms with Gasteiger partial charge in [0.2, 0.25) is 0 Å². The van der Waals surface area contributed by atoms with Crippen LogP contribution >= 0.6 is 0 Å². The molecule has 7 heteroatoms. The van der Waals surface area contributed by atoms with Crippen molar-refractivity contribution in [1.82, 2.24) is 4.90 Å². The molecule has 0 saturated carbocycles. The number of carbonyl (C=O) groups is 1. The lowest BCUT2D eigenvalue weighted by molar-refractivity contribution is -0.141. The smallest absolute Gasteiger partial charge is 0.399 e. The van der Waals surface area contributed by atoms with Crippen LogP contribution in [0.2, 0.25) is 0 Å². The Kier molecular flexibility index (Phi) is 4.97. The van der Waals surface area contributed by atoms with Crippen LogP contribution in [0.5, 0.6) is 0 Å². The maximum Gasteiger partial charge on any atom is 0.406 e. The van der Waals surface area contributed by atoms with Gasteiger partial charge in [-0.05, 0) is 24.1 Å². The zero-order valence-electron chi connectivity index (χ0n) is 11.2. The molecule has 2 N–H and O–H groups in total. The van der Waals surface area contributed by atoms with E-state index in [0.717, 1.165) is 12.1 Å². The van der Waals surface area contributed by atoms with Crippen molar-refractivity contribution in [3.63, 3.8) is 0 Å². The van der Waals surface area contributed by atoms with Crippen molar-refractivity contribution in [2.75, 3.05) is 18.8 Å². The molecule has 20 heavy (non-hydrogen) atoms. The van der Waals surface area contributed by atoms with Crippen LogP contribution in [0.1, 0.15) is 24.2 Å². The average molecular weight is 292 g/mol. The molecule has 0 aromatic heterocycles. The first-order chi connectivity index (χ1) is 9.10. The molecule has 0 fully saturated rings. The van der Waals surface area contributed by atoms with Crippen LogP contribution in [0.3, 0.4) is 0 Å². The van der Waals surface area contributed by atoms with E-state index in [0.29, 0.717) is 4.90 Å². The average Bonchev–Trinajstić information content (AvgIpc) is 2.28. The number of carbonyl (C=O) groups excluding carboxylic acids is 1. The molecule has 0 aliphatic rings. The first kappa shape index (κ1) is 16.3. The number of nitrogens with zero attached hydrogens (tertiary/aromatic N) is 1. The predicted molar refractivity (Wildman–Crippen MR) is 67.6 cm³/mol. The summed E-state index contributed by atoms with van der Waals surface area (Å²) in [5.74, 6) is -2.08. The van der Waals surface area contributed by atoms with E-state index < -0.39 is 30.0 Å². The van der Waals surface area contributed by atoms with Gasteiger partial charge < -0.3 is 10.6 Å². The van der Waals surface area contributed by atoms with Gasteiger partial charge in [0.25, 0.3) is 5.91 Å². The maximum absolute atomic E-state index is 13.6. The van der Waals surface area contributed by atoms with Crippen molar-refractivity contribution in [1.29, 1.82) is 0 Å². The van der Waals surface area contributed by atoms with E-state index in [1.54, 1.807) is 13.8 Å². The van der Waals surface area contributed by atoms with Crippen molar-refractivity contribution in [3.05, 3.63) is 29.6 Å². The molecule has 1 aromatic carbocycles. The SMILES string of the molecule is CC(C)CN(CC(F)(F)F)C(=O)c1cc(N)ccc1F. The second kappa shape index (κ2) is 6.11. The number of halogens is 4. The number of hydrogen-bond donors (Lipinski definition) is 1. The van der Waals surface area contributed by atoms with E-state index >= 15 is 0 Å². The van der Waals surface area contributed by atoms with Crippen LogP contribution < -0.4 is 5.73 Å². The maximum atomic E-state index is 13.6. The van der Waals surface area contributed by atoms with Crippen molar-refractivity contribution in [3.8, 4) is 0 Å². The topological polar surface area (TPSA) is 46.3 Å². The molecular weight excluding hydrogens is 276 g/mol. The predicted octanol–water partition coefficient (Wildman–Crippen LogP) is 3.07. The standard InChI is InChI=1S/C13H16F4N2O/c1-8(2)6-19(7-13(15,16)17)12(20)10-5-9(18)3-4-11(10)14/h3-5,8H,6-7,18H2,1-2H3. The minimum atomic E-state index is -4.54. The molecule has 0 unspecified atom stereocenters. The van der Waals surface area contributed by atoms with Crippen molar-refractivity contribution in [2.45, 2.75) is 20.0 Å². The van der Waals surface area contributed by atoms with Gasteiger partial charge in [-0.3, -0.25) is 4.79 Å². The van der Waals surface area contributed by atoms with E-state index in [1.165, 1.54) is 6.07 Å². The fraction of sp³-hybridized carbons (Fsp3) is 0.462. The highest BCUT2D eigenvalue weighted by atomic mass is 19.4. The van der Waals surface area contributed by atoms with Crippen LogP contribution in [0.4, 0.5) is 23.2 Å². The summed E-state index contributed by atoms with van der Waals surface area (Å²) >= 11 is 0. The first-order valence-electron chi connectivity index (χ1n) is 6.01. The molecule has 1 rings (SSSR count). The number of amides is 1. The van der Waals surface area contributed by atoms with Gasteiger partial charge in [0.05, 0.1) is 5.56 Å². The van der Waals surface area contributed by atoms with E-state index in [-0.39, 0.29) is 18.2 Å². The Labute approximate surface area is 114 Å². The first-order valence-corrected chi connectivity index (χ1v) is 6.01. The van der Waals surface area contributed by atoms with Gasteiger partial charge in [0.15, 0.2) is 0 Å². The molecule has 0 heterocycles. The summed E-state index contributed by atoms with van der Waals surface area (Å²) in [5, 5.41) is 0. The Bertz CT molecular complexity index is 486. The Morgan fingerprint density at radius 2 is 1.95 bits per heavy atom. The third-order valence-corrected chi connectivity index (χ3v) is 2.46. The lowest BCUT2D eigenvalue weighted by Crippen LogP contribution is -2.41. The molecule has 1 aromatic rings.